The van der Waals surface area contributed by atoms with Gasteiger partial charge in [-0.1, -0.05) is 36.4 Å². The maximum atomic E-state index is 12.9. The molecule has 0 saturated carbocycles. The molecule has 0 radical (unpaired) electrons. The zero-order chi connectivity index (χ0) is 17.3. The molecule has 2 aromatic carbocycles. The van der Waals surface area contributed by atoms with Crippen molar-refractivity contribution in [2.45, 2.75) is 30.2 Å². The van der Waals surface area contributed by atoms with Gasteiger partial charge in [0.25, 0.3) is 5.69 Å². The monoisotopic (exact) mass is 346 g/mol. The van der Waals surface area contributed by atoms with Crippen LogP contribution in [0, 0.1) is 10.1 Å². The van der Waals surface area contributed by atoms with Crippen LogP contribution in [-0.2, 0) is 10.0 Å². The average Bonchev–Trinajstić information content (AvgIpc) is 2.98. The van der Waals surface area contributed by atoms with Crippen LogP contribution in [0.4, 0.5) is 5.69 Å². The Morgan fingerprint density at radius 2 is 1.83 bits per heavy atom. The van der Waals surface area contributed by atoms with Gasteiger partial charge in [0.05, 0.1) is 9.82 Å². The highest BCUT2D eigenvalue weighted by atomic mass is 32.2. The minimum atomic E-state index is -3.76. The number of nitrogens with zero attached hydrogens (tertiary/aromatic N) is 2. The van der Waals surface area contributed by atoms with Crippen molar-refractivity contribution in [3.05, 3.63) is 70.3 Å². The topological polar surface area (TPSA) is 80.5 Å². The quantitative estimate of drug-likeness (QED) is 0.629. The Bertz CT molecular complexity index is 852. The predicted molar refractivity (Wildman–Crippen MR) is 90.3 cm³/mol. The smallest absolute Gasteiger partial charge is 0.258 e. The molecule has 1 aliphatic heterocycles. The van der Waals surface area contributed by atoms with Crippen molar-refractivity contribution in [3.8, 4) is 0 Å². The molecule has 1 heterocycles. The van der Waals surface area contributed by atoms with Crippen molar-refractivity contribution in [1.82, 2.24) is 4.31 Å². The summed E-state index contributed by atoms with van der Waals surface area (Å²) in [6.45, 7) is 2.30. The Morgan fingerprint density at radius 3 is 2.50 bits per heavy atom. The fraction of sp³-hybridized carbons (Fsp3) is 0.294. The standard InChI is InChI=1S/C17H18N2O4S/c1-13-17(14-6-3-2-4-7-14)10-11-18(13)24(22,23)16-9-5-8-15(12-16)19(20)21/h2-9,12-13,17H,10-11H2,1H3. The molecule has 6 nitrogen and oxygen atoms in total. The highest BCUT2D eigenvalue weighted by Gasteiger charge is 2.39. The van der Waals surface area contributed by atoms with E-state index in [1.165, 1.54) is 22.5 Å². The molecule has 126 valence electrons. The van der Waals surface area contributed by atoms with Gasteiger partial charge in [-0.15, -0.1) is 0 Å². The Morgan fingerprint density at radius 1 is 1.12 bits per heavy atom. The molecule has 3 rings (SSSR count). The van der Waals surface area contributed by atoms with Gasteiger partial charge in [-0.3, -0.25) is 10.1 Å². The summed E-state index contributed by atoms with van der Waals surface area (Å²) in [6.07, 6.45) is 0.735. The molecule has 0 bridgehead atoms. The van der Waals surface area contributed by atoms with E-state index in [1.54, 1.807) is 0 Å². The van der Waals surface area contributed by atoms with Crippen LogP contribution in [0.1, 0.15) is 24.8 Å². The molecule has 0 spiro atoms. The molecular weight excluding hydrogens is 328 g/mol. The molecule has 0 amide bonds. The highest BCUT2D eigenvalue weighted by molar-refractivity contribution is 7.89. The fourth-order valence-electron chi connectivity index (χ4n) is 3.29. The Balaban J connectivity index is 1.91. The van der Waals surface area contributed by atoms with Gasteiger partial charge in [0, 0.05) is 30.6 Å². The number of nitro benzene ring substituents is 1. The van der Waals surface area contributed by atoms with E-state index in [2.05, 4.69) is 0 Å². The van der Waals surface area contributed by atoms with Gasteiger partial charge in [0.15, 0.2) is 0 Å². The van der Waals surface area contributed by atoms with Gasteiger partial charge in [-0.05, 0) is 25.0 Å². The third-order valence-electron chi connectivity index (χ3n) is 4.56. The van der Waals surface area contributed by atoms with E-state index < -0.39 is 14.9 Å². The number of hydrogen-bond acceptors (Lipinski definition) is 4. The maximum absolute atomic E-state index is 12.9. The molecule has 2 aromatic rings. The van der Waals surface area contributed by atoms with Crippen LogP contribution in [-0.4, -0.2) is 30.2 Å². The fourth-order valence-corrected chi connectivity index (χ4v) is 5.01. The second-order valence-electron chi connectivity index (χ2n) is 5.92. The largest absolute Gasteiger partial charge is 0.270 e. The van der Waals surface area contributed by atoms with E-state index in [-0.39, 0.29) is 22.5 Å². The van der Waals surface area contributed by atoms with Crippen LogP contribution < -0.4 is 0 Å². The zero-order valence-electron chi connectivity index (χ0n) is 13.2. The SMILES string of the molecule is CC1C(c2ccccc2)CCN1S(=O)(=O)c1cccc([N+](=O)[O-])c1. The van der Waals surface area contributed by atoms with Crippen molar-refractivity contribution in [2.24, 2.45) is 0 Å². The lowest BCUT2D eigenvalue weighted by Gasteiger charge is -2.24. The Hall–Kier alpha value is -2.25. The number of nitro groups is 1. The lowest BCUT2D eigenvalue weighted by atomic mass is 9.93. The first kappa shape index (κ1) is 16.6. The van der Waals surface area contributed by atoms with Crippen molar-refractivity contribution in [3.63, 3.8) is 0 Å². The second kappa shape index (κ2) is 6.33. The minimum Gasteiger partial charge on any atom is -0.258 e. The zero-order valence-corrected chi connectivity index (χ0v) is 14.0. The predicted octanol–water partition coefficient (Wildman–Crippen LogP) is 3.16. The highest BCUT2D eigenvalue weighted by Crippen LogP contribution is 2.36. The van der Waals surface area contributed by atoms with E-state index in [0.29, 0.717) is 6.54 Å². The Kier molecular flexibility index (Phi) is 4.38. The summed E-state index contributed by atoms with van der Waals surface area (Å²) in [5, 5.41) is 10.9. The first-order valence-corrected chi connectivity index (χ1v) is 9.16. The molecule has 1 fully saturated rings. The molecule has 0 aliphatic carbocycles. The summed E-state index contributed by atoms with van der Waals surface area (Å²) in [5.74, 6) is 0.125. The lowest BCUT2D eigenvalue weighted by molar-refractivity contribution is -0.385. The molecular formula is C17H18N2O4S. The average molecular weight is 346 g/mol. The summed E-state index contributed by atoms with van der Waals surface area (Å²) in [4.78, 5) is 10.3. The molecule has 2 unspecified atom stereocenters. The van der Waals surface area contributed by atoms with Gasteiger partial charge in [-0.25, -0.2) is 8.42 Å². The van der Waals surface area contributed by atoms with Crippen molar-refractivity contribution < 1.29 is 13.3 Å². The van der Waals surface area contributed by atoms with E-state index in [4.69, 9.17) is 0 Å². The van der Waals surface area contributed by atoms with Crippen molar-refractivity contribution >= 4 is 15.7 Å². The first-order chi connectivity index (χ1) is 11.4. The normalized spacial score (nSPS) is 21.7. The number of hydrogen-bond donors (Lipinski definition) is 0. The molecule has 7 heteroatoms. The lowest BCUT2D eigenvalue weighted by Crippen LogP contribution is -2.35. The number of rotatable bonds is 4. The van der Waals surface area contributed by atoms with Crippen molar-refractivity contribution in [1.29, 1.82) is 0 Å². The first-order valence-electron chi connectivity index (χ1n) is 7.72. The third-order valence-corrected chi connectivity index (χ3v) is 6.54. The molecule has 0 aromatic heterocycles. The number of non-ortho nitro benzene ring substituents is 1. The summed E-state index contributed by atoms with van der Waals surface area (Å²) in [5.41, 5.74) is 0.893. The van der Waals surface area contributed by atoms with Gasteiger partial charge in [-0.2, -0.15) is 4.31 Å². The molecule has 2 atom stereocenters. The second-order valence-corrected chi connectivity index (χ2v) is 7.81. The van der Waals surface area contributed by atoms with Crippen LogP contribution in [0.5, 0.6) is 0 Å². The van der Waals surface area contributed by atoms with Gasteiger partial charge in [0.1, 0.15) is 0 Å². The molecule has 1 aliphatic rings. The maximum Gasteiger partial charge on any atom is 0.270 e. The van der Waals surface area contributed by atoms with E-state index in [0.717, 1.165) is 18.1 Å². The summed E-state index contributed by atoms with van der Waals surface area (Å²) in [7, 11) is -3.76. The van der Waals surface area contributed by atoms with Gasteiger partial charge < -0.3 is 0 Å². The Labute approximate surface area is 140 Å². The van der Waals surface area contributed by atoms with Crippen molar-refractivity contribution in [2.75, 3.05) is 6.54 Å². The van der Waals surface area contributed by atoms with E-state index in [9.17, 15) is 18.5 Å². The van der Waals surface area contributed by atoms with Gasteiger partial charge >= 0.3 is 0 Å². The minimum absolute atomic E-state index is 0.0303. The van der Waals surface area contributed by atoms with Crippen LogP contribution >= 0.6 is 0 Å². The van der Waals surface area contributed by atoms with Crippen LogP contribution in [0.2, 0.25) is 0 Å². The van der Waals surface area contributed by atoms with Crippen LogP contribution in [0.15, 0.2) is 59.5 Å². The summed E-state index contributed by atoms with van der Waals surface area (Å²) in [6, 6.07) is 14.9. The number of sulfonamides is 1. The molecule has 0 N–H and O–H groups in total. The van der Waals surface area contributed by atoms with Crippen LogP contribution in [0.3, 0.4) is 0 Å². The van der Waals surface area contributed by atoms with Gasteiger partial charge in [0.2, 0.25) is 10.0 Å². The molecule has 1 saturated heterocycles. The molecule has 24 heavy (non-hydrogen) atoms. The third kappa shape index (κ3) is 2.92. The number of benzene rings is 2. The van der Waals surface area contributed by atoms with Crippen LogP contribution in [0.25, 0.3) is 0 Å². The van der Waals surface area contributed by atoms with E-state index in [1.807, 2.05) is 37.3 Å². The summed E-state index contributed by atoms with van der Waals surface area (Å²) >= 11 is 0. The summed E-state index contributed by atoms with van der Waals surface area (Å²) < 4.78 is 27.2. The van der Waals surface area contributed by atoms with E-state index >= 15 is 0 Å².